The van der Waals surface area contributed by atoms with Gasteiger partial charge in [-0.05, 0) is 25.9 Å². The van der Waals surface area contributed by atoms with E-state index in [2.05, 4.69) is 24.2 Å². The van der Waals surface area contributed by atoms with E-state index in [-0.39, 0.29) is 12.5 Å². The number of nitrogens with zero attached hydrogens (tertiary/aromatic N) is 2. The lowest BCUT2D eigenvalue weighted by atomic mass is 10.1. The van der Waals surface area contributed by atoms with Gasteiger partial charge in [0.05, 0.1) is 6.54 Å². The van der Waals surface area contributed by atoms with Crippen molar-refractivity contribution in [2.24, 2.45) is 5.92 Å². The molecule has 1 amide bonds. The third kappa shape index (κ3) is 5.48. The van der Waals surface area contributed by atoms with Gasteiger partial charge in [-0.1, -0.05) is 6.92 Å². The van der Waals surface area contributed by atoms with Crippen LogP contribution < -0.4 is 5.32 Å². The predicted molar refractivity (Wildman–Crippen MR) is 67.8 cm³/mol. The second kappa shape index (κ2) is 7.63. The van der Waals surface area contributed by atoms with Crippen LogP contribution in [-0.2, 0) is 4.79 Å². The molecule has 5 heteroatoms. The Kier molecular flexibility index (Phi) is 6.47. The second-order valence-corrected chi connectivity index (χ2v) is 4.93. The first kappa shape index (κ1) is 14.4. The van der Waals surface area contributed by atoms with E-state index >= 15 is 0 Å². The molecule has 17 heavy (non-hydrogen) atoms. The van der Waals surface area contributed by atoms with Gasteiger partial charge in [0.25, 0.3) is 0 Å². The molecule has 1 fully saturated rings. The monoisotopic (exact) mass is 243 g/mol. The Morgan fingerprint density at radius 2 is 2.00 bits per heavy atom. The molecule has 5 nitrogen and oxygen atoms in total. The molecule has 1 aliphatic heterocycles. The number of nitrogens with one attached hydrogen (secondary N) is 1. The lowest BCUT2D eigenvalue weighted by Gasteiger charge is -2.32. The highest BCUT2D eigenvalue weighted by Gasteiger charge is 2.18. The summed E-state index contributed by atoms with van der Waals surface area (Å²) in [6.07, 6.45) is 0.787. The SMILES string of the molecule is CC(CCO)CNCC(=O)N1CCN(C)CC1. The van der Waals surface area contributed by atoms with E-state index in [1.165, 1.54) is 0 Å². The van der Waals surface area contributed by atoms with Crippen LogP contribution in [0, 0.1) is 5.92 Å². The number of aliphatic hydroxyl groups is 1. The summed E-state index contributed by atoms with van der Waals surface area (Å²) in [5.41, 5.74) is 0. The molecule has 2 N–H and O–H groups in total. The molecule has 1 saturated heterocycles. The maximum atomic E-state index is 11.8. The fourth-order valence-corrected chi connectivity index (χ4v) is 1.92. The van der Waals surface area contributed by atoms with Crippen LogP contribution >= 0.6 is 0 Å². The minimum Gasteiger partial charge on any atom is -0.396 e. The molecule has 1 aliphatic rings. The Hall–Kier alpha value is -0.650. The normalized spacial score (nSPS) is 19.4. The zero-order valence-electron chi connectivity index (χ0n) is 11.0. The molecule has 1 heterocycles. The number of carbonyl (C=O) groups is 1. The van der Waals surface area contributed by atoms with Crippen molar-refractivity contribution in [1.29, 1.82) is 0 Å². The summed E-state index contributed by atoms with van der Waals surface area (Å²) in [6.45, 7) is 7.10. The zero-order valence-corrected chi connectivity index (χ0v) is 11.0. The molecule has 1 atom stereocenters. The van der Waals surface area contributed by atoms with E-state index in [4.69, 9.17) is 5.11 Å². The number of rotatable bonds is 6. The third-order valence-electron chi connectivity index (χ3n) is 3.25. The van der Waals surface area contributed by atoms with Gasteiger partial charge in [-0.25, -0.2) is 0 Å². The van der Waals surface area contributed by atoms with Gasteiger partial charge in [-0.3, -0.25) is 4.79 Å². The first-order valence-corrected chi connectivity index (χ1v) is 6.41. The van der Waals surface area contributed by atoms with Crippen LogP contribution in [0.15, 0.2) is 0 Å². The molecule has 0 aromatic carbocycles. The van der Waals surface area contributed by atoms with Crippen molar-refractivity contribution in [3.05, 3.63) is 0 Å². The molecule has 0 spiro atoms. The highest BCUT2D eigenvalue weighted by atomic mass is 16.3. The smallest absolute Gasteiger partial charge is 0.236 e. The summed E-state index contributed by atoms with van der Waals surface area (Å²) < 4.78 is 0. The van der Waals surface area contributed by atoms with Crippen molar-refractivity contribution in [3.63, 3.8) is 0 Å². The number of hydrogen-bond acceptors (Lipinski definition) is 4. The summed E-state index contributed by atoms with van der Waals surface area (Å²) in [5, 5.41) is 11.9. The fraction of sp³-hybridized carbons (Fsp3) is 0.917. The van der Waals surface area contributed by atoms with Crippen LogP contribution in [0.3, 0.4) is 0 Å². The number of hydrogen-bond donors (Lipinski definition) is 2. The van der Waals surface area contributed by atoms with Gasteiger partial charge >= 0.3 is 0 Å². The minimum atomic E-state index is 0.189. The number of aliphatic hydroxyl groups excluding tert-OH is 1. The van der Waals surface area contributed by atoms with Gasteiger partial charge in [0.15, 0.2) is 0 Å². The minimum absolute atomic E-state index is 0.189. The van der Waals surface area contributed by atoms with E-state index in [1.54, 1.807) is 0 Å². The number of piperazine rings is 1. The summed E-state index contributed by atoms with van der Waals surface area (Å²) in [6, 6.07) is 0. The molecule has 1 unspecified atom stereocenters. The second-order valence-electron chi connectivity index (χ2n) is 4.93. The largest absolute Gasteiger partial charge is 0.396 e. The molecule has 0 aromatic rings. The van der Waals surface area contributed by atoms with E-state index in [9.17, 15) is 4.79 Å². The Bertz CT molecular complexity index is 228. The molecule has 0 aromatic heterocycles. The van der Waals surface area contributed by atoms with E-state index in [1.807, 2.05) is 4.90 Å². The standard InChI is InChI=1S/C12H25N3O2/c1-11(3-8-16)9-13-10-12(17)15-6-4-14(2)5-7-15/h11,13,16H,3-10H2,1-2H3. The third-order valence-corrected chi connectivity index (χ3v) is 3.25. The quantitative estimate of drug-likeness (QED) is 0.652. The molecular weight excluding hydrogens is 218 g/mol. The maximum absolute atomic E-state index is 11.8. The highest BCUT2D eigenvalue weighted by Crippen LogP contribution is 2.00. The molecule has 1 rings (SSSR count). The van der Waals surface area contributed by atoms with Crippen molar-refractivity contribution in [2.45, 2.75) is 13.3 Å². The summed E-state index contributed by atoms with van der Waals surface area (Å²) >= 11 is 0. The molecule has 0 bridgehead atoms. The van der Waals surface area contributed by atoms with Crippen LogP contribution in [0.25, 0.3) is 0 Å². The molecule has 0 aliphatic carbocycles. The van der Waals surface area contributed by atoms with Crippen LogP contribution in [0.4, 0.5) is 0 Å². The molecular formula is C12H25N3O2. The number of amides is 1. The van der Waals surface area contributed by atoms with Crippen LogP contribution in [-0.4, -0.2) is 73.7 Å². The van der Waals surface area contributed by atoms with Gasteiger partial charge in [-0.15, -0.1) is 0 Å². The van der Waals surface area contributed by atoms with Crippen LogP contribution in [0.5, 0.6) is 0 Å². The summed E-state index contributed by atoms with van der Waals surface area (Å²) in [4.78, 5) is 16.0. The molecule has 100 valence electrons. The van der Waals surface area contributed by atoms with Crippen LogP contribution in [0.2, 0.25) is 0 Å². The van der Waals surface area contributed by atoms with Crippen molar-refractivity contribution in [1.82, 2.24) is 15.1 Å². The average Bonchev–Trinajstić information content (AvgIpc) is 2.30. The first-order valence-electron chi connectivity index (χ1n) is 6.41. The number of likely N-dealkylation sites (N-methyl/N-ethyl adjacent to an activating group) is 1. The lowest BCUT2D eigenvalue weighted by molar-refractivity contribution is -0.131. The van der Waals surface area contributed by atoms with Gasteiger partial charge in [0, 0.05) is 32.8 Å². The maximum Gasteiger partial charge on any atom is 0.236 e. The lowest BCUT2D eigenvalue weighted by Crippen LogP contribution is -2.49. The van der Waals surface area contributed by atoms with E-state index in [0.717, 1.165) is 39.1 Å². The van der Waals surface area contributed by atoms with Crippen molar-refractivity contribution >= 4 is 5.91 Å². The highest BCUT2D eigenvalue weighted by molar-refractivity contribution is 5.78. The van der Waals surface area contributed by atoms with Gasteiger partial charge in [0.2, 0.25) is 5.91 Å². The summed E-state index contributed by atoms with van der Waals surface area (Å²) in [7, 11) is 2.08. The van der Waals surface area contributed by atoms with E-state index < -0.39 is 0 Å². The fourth-order valence-electron chi connectivity index (χ4n) is 1.92. The van der Waals surface area contributed by atoms with E-state index in [0.29, 0.717) is 12.5 Å². The van der Waals surface area contributed by atoms with Crippen molar-refractivity contribution in [3.8, 4) is 0 Å². The molecule has 0 saturated carbocycles. The van der Waals surface area contributed by atoms with Crippen molar-refractivity contribution < 1.29 is 9.90 Å². The number of carbonyl (C=O) groups excluding carboxylic acids is 1. The average molecular weight is 243 g/mol. The predicted octanol–water partition coefficient (Wildman–Crippen LogP) is -0.631. The zero-order chi connectivity index (χ0) is 12.7. The van der Waals surface area contributed by atoms with Gasteiger partial charge in [-0.2, -0.15) is 0 Å². The first-order chi connectivity index (χ1) is 8.13. The Labute approximate surface area is 104 Å². The Morgan fingerprint density at radius 1 is 1.35 bits per heavy atom. The Morgan fingerprint density at radius 3 is 2.59 bits per heavy atom. The van der Waals surface area contributed by atoms with Crippen molar-refractivity contribution in [2.75, 3.05) is 52.9 Å². The van der Waals surface area contributed by atoms with Crippen LogP contribution in [0.1, 0.15) is 13.3 Å². The summed E-state index contributed by atoms with van der Waals surface area (Å²) in [5.74, 6) is 0.606. The van der Waals surface area contributed by atoms with Gasteiger partial charge < -0.3 is 20.2 Å². The topological polar surface area (TPSA) is 55.8 Å². The van der Waals surface area contributed by atoms with Gasteiger partial charge in [0.1, 0.15) is 0 Å². The molecule has 0 radical (unpaired) electrons. The Balaban J connectivity index is 2.12.